The van der Waals surface area contributed by atoms with Crippen LogP contribution in [0, 0.1) is 13.8 Å². The van der Waals surface area contributed by atoms with Crippen molar-refractivity contribution in [2.45, 2.75) is 26.9 Å². The number of thiophene rings is 1. The molecule has 2 N–H and O–H groups in total. The number of primary amides is 1. The molecule has 0 radical (unpaired) electrons. The van der Waals surface area contributed by atoms with E-state index < -0.39 is 11.6 Å². The molecule has 0 saturated heterocycles. The van der Waals surface area contributed by atoms with Gasteiger partial charge in [0.1, 0.15) is 11.4 Å². The third-order valence-corrected chi connectivity index (χ3v) is 5.26. The quantitative estimate of drug-likeness (QED) is 0.776. The van der Waals surface area contributed by atoms with Crippen molar-refractivity contribution in [2.75, 3.05) is 0 Å². The minimum Gasteiger partial charge on any atom is -0.368 e. The Morgan fingerprint density at radius 2 is 1.79 bits per heavy atom. The highest BCUT2D eigenvalue weighted by Crippen LogP contribution is 2.26. The Morgan fingerprint density at radius 1 is 1.12 bits per heavy atom. The molecule has 3 aromatic rings. The molecule has 0 unspecified atom stereocenters. The lowest BCUT2D eigenvalue weighted by atomic mass is 10.2. The molecule has 2 heterocycles. The Hall–Kier alpha value is -2.67. The van der Waals surface area contributed by atoms with Crippen LogP contribution in [0.4, 0.5) is 0 Å². The number of benzene rings is 1. The molecule has 0 spiro atoms. The van der Waals surface area contributed by atoms with Crippen LogP contribution >= 0.6 is 11.3 Å². The topological polar surface area (TPSA) is 87.1 Å². The highest BCUT2D eigenvalue weighted by Gasteiger charge is 2.19. The van der Waals surface area contributed by atoms with Gasteiger partial charge in [0.05, 0.1) is 11.9 Å². The Balaban J connectivity index is 2.33. The standard InChI is InChI=1S/C17H17N3O3S/c1-10-11(2)24-16-14(10)15(22)19(8-12-6-4-3-5-7-12)17(23)20(16)9-13(18)21/h3-7H,8-9H2,1-2H3,(H2,18,21). The van der Waals surface area contributed by atoms with Crippen LogP contribution in [0.2, 0.25) is 0 Å². The molecule has 6 nitrogen and oxygen atoms in total. The molecule has 0 bridgehead atoms. The summed E-state index contributed by atoms with van der Waals surface area (Å²) in [6.07, 6.45) is 0. The minimum absolute atomic E-state index is 0.154. The first-order chi connectivity index (χ1) is 11.4. The third kappa shape index (κ3) is 2.67. The second-order valence-corrected chi connectivity index (χ2v) is 6.88. The first kappa shape index (κ1) is 16.2. The fourth-order valence-electron chi connectivity index (χ4n) is 2.71. The van der Waals surface area contributed by atoms with Gasteiger partial charge in [0.15, 0.2) is 0 Å². The Kier molecular flexibility index (Phi) is 4.11. The average Bonchev–Trinajstić information content (AvgIpc) is 2.84. The van der Waals surface area contributed by atoms with Crippen LogP contribution < -0.4 is 17.0 Å². The van der Waals surface area contributed by atoms with E-state index in [9.17, 15) is 14.4 Å². The molecule has 0 fully saturated rings. The lowest BCUT2D eigenvalue weighted by Gasteiger charge is -2.11. The van der Waals surface area contributed by atoms with E-state index >= 15 is 0 Å². The van der Waals surface area contributed by atoms with Gasteiger partial charge in [0.2, 0.25) is 5.91 Å². The number of nitrogens with two attached hydrogens (primary N) is 1. The summed E-state index contributed by atoms with van der Waals surface area (Å²) in [4.78, 5) is 38.5. The number of hydrogen-bond donors (Lipinski definition) is 1. The summed E-state index contributed by atoms with van der Waals surface area (Å²) in [5.41, 5.74) is 6.11. The van der Waals surface area contributed by atoms with E-state index in [0.717, 1.165) is 16.0 Å². The van der Waals surface area contributed by atoms with E-state index in [1.54, 1.807) is 0 Å². The van der Waals surface area contributed by atoms with E-state index in [4.69, 9.17) is 5.73 Å². The summed E-state index contributed by atoms with van der Waals surface area (Å²) in [6, 6.07) is 9.26. The fourth-order valence-corrected chi connectivity index (χ4v) is 3.85. The van der Waals surface area contributed by atoms with Crippen molar-refractivity contribution in [2.24, 2.45) is 5.73 Å². The molecular weight excluding hydrogens is 326 g/mol. The van der Waals surface area contributed by atoms with Crippen molar-refractivity contribution in [3.8, 4) is 0 Å². The summed E-state index contributed by atoms with van der Waals surface area (Å²) in [6.45, 7) is 3.65. The van der Waals surface area contributed by atoms with Gasteiger partial charge < -0.3 is 5.73 Å². The molecule has 1 aromatic carbocycles. The maximum Gasteiger partial charge on any atom is 0.332 e. The first-order valence-electron chi connectivity index (χ1n) is 7.45. The molecule has 124 valence electrons. The smallest absolute Gasteiger partial charge is 0.332 e. The van der Waals surface area contributed by atoms with Gasteiger partial charge in [-0.05, 0) is 25.0 Å². The molecule has 24 heavy (non-hydrogen) atoms. The Morgan fingerprint density at radius 3 is 2.42 bits per heavy atom. The van der Waals surface area contributed by atoms with Crippen LogP contribution in [0.5, 0.6) is 0 Å². The average molecular weight is 343 g/mol. The van der Waals surface area contributed by atoms with Crippen molar-refractivity contribution < 1.29 is 4.79 Å². The van der Waals surface area contributed by atoms with Gasteiger partial charge in [0.25, 0.3) is 5.56 Å². The lowest BCUT2D eigenvalue weighted by Crippen LogP contribution is -2.41. The number of aryl methyl sites for hydroxylation is 2. The summed E-state index contributed by atoms with van der Waals surface area (Å²) < 4.78 is 2.46. The highest BCUT2D eigenvalue weighted by molar-refractivity contribution is 7.18. The molecule has 0 aliphatic heterocycles. The van der Waals surface area contributed by atoms with Crippen molar-refractivity contribution >= 4 is 27.5 Å². The summed E-state index contributed by atoms with van der Waals surface area (Å²) in [5.74, 6) is -0.619. The van der Waals surface area contributed by atoms with Crippen LogP contribution in [0.15, 0.2) is 39.9 Å². The van der Waals surface area contributed by atoms with Gasteiger partial charge in [-0.3, -0.25) is 18.7 Å². The fraction of sp³-hybridized carbons (Fsp3) is 0.235. The van der Waals surface area contributed by atoms with E-state index in [0.29, 0.717) is 10.2 Å². The molecule has 2 aromatic heterocycles. The number of fused-ring (bicyclic) bond motifs is 1. The van der Waals surface area contributed by atoms with Gasteiger partial charge >= 0.3 is 5.69 Å². The first-order valence-corrected chi connectivity index (χ1v) is 8.27. The number of aromatic nitrogens is 2. The van der Waals surface area contributed by atoms with Gasteiger partial charge in [-0.2, -0.15) is 0 Å². The highest BCUT2D eigenvalue weighted by atomic mass is 32.1. The van der Waals surface area contributed by atoms with Crippen molar-refractivity contribution in [3.63, 3.8) is 0 Å². The number of amides is 1. The molecule has 7 heteroatoms. The summed E-state index contributed by atoms with van der Waals surface area (Å²) >= 11 is 1.33. The van der Waals surface area contributed by atoms with Crippen LogP contribution in [-0.2, 0) is 17.9 Å². The summed E-state index contributed by atoms with van der Waals surface area (Å²) in [7, 11) is 0. The Bertz CT molecular complexity index is 1040. The monoisotopic (exact) mass is 343 g/mol. The molecule has 0 saturated carbocycles. The number of carbonyl (C=O) groups is 1. The largest absolute Gasteiger partial charge is 0.368 e. The maximum atomic E-state index is 12.9. The van der Waals surface area contributed by atoms with Crippen LogP contribution in [0.3, 0.4) is 0 Å². The predicted molar refractivity (Wildman–Crippen MR) is 94.6 cm³/mol. The molecule has 0 aliphatic rings. The van der Waals surface area contributed by atoms with E-state index in [1.165, 1.54) is 20.5 Å². The minimum atomic E-state index is -0.619. The van der Waals surface area contributed by atoms with Gasteiger partial charge in [0, 0.05) is 4.88 Å². The normalized spacial score (nSPS) is 11.1. The summed E-state index contributed by atoms with van der Waals surface area (Å²) in [5, 5.41) is 0.481. The predicted octanol–water partition coefficient (Wildman–Crippen LogP) is 1.38. The van der Waals surface area contributed by atoms with E-state index in [-0.39, 0.29) is 18.6 Å². The molecule has 0 aliphatic carbocycles. The van der Waals surface area contributed by atoms with Crippen molar-refractivity contribution in [1.29, 1.82) is 0 Å². The number of rotatable bonds is 4. The second kappa shape index (κ2) is 6.09. The molecular formula is C17H17N3O3S. The zero-order valence-corrected chi connectivity index (χ0v) is 14.2. The SMILES string of the molecule is Cc1sc2c(c1C)c(=O)n(Cc1ccccc1)c(=O)n2CC(N)=O. The zero-order valence-electron chi connectivity index (χ0n) is 13.4. The lowest BCUT2D eigenvalue weighted by molar-refractivity contribution is -0.118. The van der Waals surface area contributed by atoms with E-state index in [1.807, 2.05) is 44.2 Å². The second-order valence-electron chi connectivity index (χ2n) is 5.68. The Labute approximate surface area is 141 Å². The third-order valence-electron chi connectivity index (χ3n) is 4.03. The van der Waals surface area contributed by atoms with Gasteiger partial charge in [-0.1, -0.05) is 30.3 Å². The van der Waals surface area contributed by atoms with Crippen LogP contribution in [0.25, 0.3) is 10.2 Å². The van der Waals surface area contributed by atoms with Crippen LogP contribution in [0.1, 0.15) is 16.0 Å². The number of hydrogen-bond acceptors (Lipinski definition) is 4. The van der Waals surface area contributed by atoms with Gasteiger partial charge in [-0.25, -0.2) is 4.79 Å². The van der Waals surface area contributed by atoms with Crippen molar-refractivity contribution in [3.05, 3.63) is 67.2 Å². The molecule has 1 amide bonds. The van der Waals surface area contributed by atoms with Crippen molar-refractivity contribution in [1.82, 2.24) is 9.13 Å². The van der Waals surface area contributed by atoms with Gasteiger partial charge in [-0.15, -0.1) is 11.3 Å². The maximum absolute atomic E-state index is 12.9. The van der Waals surface area contributed by atoms with E-state index in [2.05, 4.69) is 0 Å². The zero-order chi connectivity index (χ0) is 17.4. The molecule has 3 rings (SSSR count). The number of carbonyl (C=O) groups excluding carboxylic acids is 1. The number of nitrogens with zero attached hydrogens (tertiary/aromatic N) is 2. The van der Waals surface area contributed by atoms with Crippen LogP contribution in [-0.4, -0.2) is 15.0 Å². The molecule has 0 atom stereocenters.